The van der Waals surface area contributed by atoms with Gasteiger partial charge in [-0.25, -0.2) is 9.78 Å². The molecule has 162 valence electrons. The van der Waals surface area contributed by atoms with Gasteiger partial charge in [0.1, 0.15) is 11.4 Å². The van der Waals surface area contributed by atoms with Crippen LogP contribution < -0.4 is 5.32 Å². The number of aromatic amines is 1. The highest BCUT2D eigenvalue weighted by Gasteiger charge is 2.54. The first-order chi connectivity index (χ1) is 15.4. The number of amides is 3. The summed E-state index contributed by atoms with van der Waals surface area (Å²) in [7, 11) is 1.68. The molecule has 32 heavy (non-hydrogen) atoms. The quantitative estimate of drug-likeness (QED) is 0.494. The number of hydrogen-bond donors (Lipinski definition) is 2. The average Bonchev–Trinajstić information content (AvgIpc) is 3.55. The molecular weight excluding hydrogens is 404 g/mol. The lowest BCUT2D eigenvalue weighted by Crippen LogP contribution is -2.48. The van der Waals surface area contributed by atoms with Gasteiger partial charge in [0.15, 0.2) is 5.78 Å². The fraction of sp³-hybridized carbons (Fsp3) is 0.360. The van der Waals surface area contributed by atoms with Gasteiger partial charge in [-0.2, -0.15) is 0 Å². The molecule has 7 nitrogen and oxygen atoms in total. The van der Waals surface area contributed by atoms with Gasteiger partial charge in [0.25, 0.3) is 5.91 Å². The number of ketones is 1. The lowest BCUT2D eigenvalue weighted by atomic mass is 9.95. The van der Waals surface area contributed by atoms with Crippen LogP contribution >= 0.6 is 0 Å². The molecule has 3 aromatic rings. The predicted molar refractivity (Wildman–Crippen MR) is 118 cm³/mol. The number of imide groups is 1. The summed E-state index contributed by atoms with van der Waals surface area (Å²) in [6.45, 7) is 0. The first-order valence-corrected chi connectivity index (χ1v) is 11.1. The van der Waals surface area contributed by atoms with E-state index in [1.54, 1.807) is 7.05 Å². The van der Waals surface area contributed by atoms with Crippen molar-refractivity contribution in [2.75, 3.05) is 7.05 Å². The molecule has 0 radical (unpaired) electrons. The number of urea groups is 1. The first kappa shape index (κ1) is 19.2. The Morgan fingerprint density at radius 1 is 1.09 bits per heavy atom. The number of fused-ring (bicyclic) bond motifs is 2. The highest BCUT2D eigenvalue weighted by Crippen LogP contribution is 2.41. The van der Waals surface area contributed by atoms with E-state index in [0.29, 0.717) is 12.8 Å². The molecule has 3 aliphatic rings. The Morgan fingerprint density at radius 3 is 2.56 bits per heavy atom. The second kappa shape index (κ2) is 6.76. The molecule has 2 fully saturated rings. The van der Waals surface area contributed by atoms with Gasteiger partial charge in [0.2, 0.25) is 0 Å². The molecule has 3 atom stereocenters. The largest absolute Gasteiger partial charge is 0.342 e. The molecule has 6 rings (SSSR count). The molecule has 1 aliphatic heterocycles. The van der Waals surface area contributed by atoms with E-state index in [1.807, 2.05) is 36.4 Å². The summed E-state index contributed by atoms with van der Waals surface area (Å²) in [5.41, 5.74) is 3.93. The van der Waals surface area contributed by atoms with E-state index in [2.05, 4.69) is 16.4 Å². The molecule has 0 bridgehead atoms. The van der Waals surface area contributed by atoms with Crippen LogP contribution in [0.1, 0.15) is 52.5 Å². The number of aromatic nitrogens is 2. The van der Waals surface area contributed by atoms with Gasteiger partial charge < -0.3 is 9.88 Å². The lowest BCUT2D eigenvalue weighted by molar-refractivity contribution is -0.125. The molecule has 2 N–H and O–H groups in total. The third kappa shape index (κ3) is 2.73. The molecule has 1 aromatic heterocycles. The fourth-order valence-electron chi connectivity index (χ4n) is 5.73. The Bertz CT molecular complexity index is 1240. The minimum absolute atomic E-state index is 0.0365. The van der Waals surface area contributed by atoms with Crippen LogP contribution in [-0.4, -0.2) is 45.2 Å². The maximum absolute atomic E-state index is 12.8. The highest BCUT2D eigenvalue weighted by atomic mass is 16.2. The maximum Gasteiger partial charge on any atom is 0.324 e. The van der Waals surface area contributed by atoms with Crippen molar-refractivity contribution in [3.8, 4) is 0 Å². The zero-order chi connectivity index (χ0) is 22.0. The summed E-state index contributed by atoms with van der Waals surface area (Å²) < 4.78 is 0. The zero-order valence-electron chi connectivity index (χ0n) is 17.9. The maximum atomic E-state index is 12.8. The molecule has 1 saturated heterocycles. The Labute approximate surface area is 185 Å². The van der Waals surface area contributed by atoms with Crippen molar-refractivity contribution in [3.63, 3.8) is 0 Å². The summed E-state index contributed by atoms with van der Waals surface area (Å²) in [6.07, 6.45) is 3.65. The molecule has 1 spiro atoms. The summed E-state index contributed by atoms with van der Waals surface area (Å²) in [4.78, 5) is 47.2. The van der Waals surface area contributed by atoms with Crippen LogP contribution in [0, 0.1) is 5.92 Å². The van der Waals surface area contributed by atoms with Crippen molar-refractivity contribution in [3.05, 3.63) is 65.0 Å². The smallest absolute Gasteiger partial charge is 0.324 e. The molecule has 3 unspecified atom stereocenters. The second-order valence-corrected chi connectivity index (χ2v) is 9.40. The van der Waals surface area contributed by atoms with Crippen molar-refractivity contribution >= 4 is 28.8 Å². The Balaban J connectivity index is 1.24. The number of imidazole rings is 1. The predicted octanol–water partition coefficient (Wildman–Crippen LogP) is 3.35. The molecule has 3 amide bonds. The Morgan fingerprint density at radius 2 is 1.84 bits per heavy atom. The van der Waals surface area contributed by atoms with Crippen LogP contribution in [-0.2, 0) is 17.6 Å². The van der Waals surface area contributed by atoms with E-state index in [9.17, 15) is 14.4 Å². The van der Waals surface area contributed by atoms with E-state index < -0.39 is 5.54 Å². The van der Waals surface area contributed by atoms with Crippen molar-refractivity contribution in [2.24, 2.45) is 5.92 Å². The minimum Gasteiger partial charge on any atom is -0.342 e. The fourth-order valence-corrected chi connectivity index (χ4v) is 5.73. The number of carbonyl (C=O) groups excluding carboxylic acids is 3. The number of carbonyl (C=O) groups is 3. The monoisotopic (exact) mass is 428 g/mol. The average molecular weight is 428 g/mol. The number of H-pyrrole nitrogens is 1. The molecule has 2 heterocycles. The van der Waals surface area contributed by atoms with E-state index in [4.69, 9.17) is 4.98 Å². The van der Waals surface area contributed by atoms with E-state index >= 15 is 0 Å². The van der Waals surface area contributed by atoms with Crippen LogP contribution in [0.4, 0.5) is 4.79 Å². The van der Waals surface area contributed by atoms with Crippen LogP contribution in [0.15, 0.2) is 42.5 Å². The van der Waals surface area contributed by atoms with Gasteiger partial charge in [0, 0.05) is 37.3 Å². The number of rotatable bonds is 3. The van der Waals surface area contributed by atoms with Gasteiger partial charge in [-0.3, -0.25) is 14.9 Å². The van der Waals surface area contributed by atoms with Crippen molar-refractivity contribution in [2.45, 2.75) is 43.6 Å². The molecule has 2 aliphatic carbocycles. The molecule has 2 aromatic carbocycles. The minimum atomic E-state index is -0.822. The van der Waals surface area contributed by atoms with Crippen LogP contribution in [0.25, 0.3) is 11.0 Å². The number of likely N-dealkylation sites (N-methyl/N-ethyl adjacent to an activating group) is 1. The van der Waals surface area contributed by atoms with Gasteiger partial charge >= 0.3 is 6.03 Å². The van der Waals surface area contributed by atoms with E-state index in [-0.39, 0.29) is 29.6 Å². The van der Waals surface area contributed by atoms with E-state index in [1.165, 1.54) is 4.90 Å². The SMILES string of the molecule is CN1C(=O)NC(=O)C12Cc1cc3nc(C4CCC(C(=O)c5ccccc5)C4)[nH]c3cc1C2. The van der Waals surface area contributed by atoms with Crippen LogP contribution in [0.2, 0.25) is 0 Å². The zero-order valence-corrected chi connectivity index (χ0v) is 17.9. The van der Waals surface area contributed by atoms with Gasteiger partial charge in [-0.1, -0.05) is 30.3 Å². The topological polar surface area (TPSA) is 95.2 Å². The van der Waals surface area contributed by atoms with Gasteiger partial charge in [0.05, 0.1) is 11.0 Å². The standard InChI is InChI=1S/C25H24N4O3/c1-29-24(32)28-23(31)25(29)12-17-10-19-20(11-18(17)13-25)27-22(26-19)16-8-7-15(9-16)21(30)14-5-3-2-4-6-14/h2-6,10-11,15-16H,7-9,12-13H2,1H3,(H,26,27)(H,28,31,32). The van der Waals surface area contributed by atoms with Crippen LogP contribution in [0.3, 0.4) is 0 Å². The summed E-state index contributed by atoms with van der Waals surface area (Å²) >= 11 is 0. The lowest BCUT2D eigenvalue weighted by Gasteiger charge is -2.27. The number of nitrogens with one attached hydrogen (secondary N) is 2. The summed E-state index contributed by atoms with van der Waals surface area (Å²) in [5, 5.41) is 2.44. The molecule has 7 heteroatoms. The third-order valence-corrected chi connectivity index (χ3v) is 7.63. The highest BCUT2D eigenvalue weighted by molar-refractivity contribution is 6.07. The number of hydrogen-bond acceptors (Lipinski definition) is 4. The normalized spacial score (nSPS) is 23.8. The number of nitrogens with zero attached hydrogens (tertiary/aromatic N) is 2. The molecular formula is C25H24N4O3. The van der Waals surface area contributed by atoms with Crippen molar-refractivity contribution in [1.82, 2.24) is 20.2 Å². The Kier molecular flexibility index (Phi) is 4.06. The van der Waals surface area contributed by atoms with Gasteiger partial charge in [-0.05, 0) is 42.5 Å². The first-order valence-electron chi connectivity index (χ1n) is 11.1. The number of benzene rings is 2. The summed E-state index contributed by atoms with van der Waals surface area (Å²) in [5.74, 6) is 1.22. The molecule has 1 saturated carbocycles. The number of Topliss-reactive ketones (excluding diaryl/α,β-unsaturated/α-hetero) is 1. The second-order valence-electron chi connectivity index (χ2n) is 9.40. The Hall–Kier alpha value is -3.48. The van der Waals surface area contributed by atoms with Crippen molar-refractivity contribution in [1.29, 1.82) is 0 Å². The summed E-state index contributed by atoms with van der Waals surface area (Å²) in [6, 6.07) is 13.3. The van der Waals surface area contributed by atoms with Crippen molar-refractivity contribution < 1.29 is 14.4 Å². The van der Waals surface area contributed by atoms with Crippen LogP contribution in [0.5, 0.6) is 0 Å². The third-order valence-electron chi connectivity index (χ3n) is 7.63. The van der Waals surface area contributed by atoms with E-state index in [0.717, 1.165) is 52.8 Å². The van der Waals surface area contributed by atoms with Gasteiger partial charge in [-0.15, -0.1) is 0 Å².